The summed E-state index contributed by atoms with van der Waals surface area (Å²) in [6.45, 7) is 6.47. The van der Waals surface area contributed by atoms with Crippen LogP contribution in [0.2, 0.25) is 0 Å². The molecule has 4 rings (SSSR count). The topological polar surface area (TPSA) is 81.4 Å². The molecule has 8 heteroatoms. The molecule has 0 radical (unpaired) electrons. The van der Waals surface area contributed by atoms with Gasteiger partial charge >= 0.3 is 0 Å². The first-order chi connectivity index (χ1) is 14.0. The Morgan fingerprint density at radius 1 is 1.21 bits per heavy atom. The lowest BCUT2D eigenvalue weighted by Gasteiger charge is -2.05. The molecule has 0 aliphatic heterocycles. The van der Waals surface area contributed by atoms with Crippen molar-refractivity contribution in [3.05, 3.63) is 70.6 Å². The lowest BCUT2D eigenvalue weighted by atomic mass is 10.2. The average Bonchev–Trinajstić information content (AvgIpc) is 3.34. The van der Waals surface area contributed by atoms with Crippen LogP contribution in [0.15, 0.2) is 48.8 Å². The first-order valence-electron chi connectivity index (χ1n) is 9.30. The van der Waals surface area contributed by atoms with E-state index < -0.39 is 0 Å². The van der Waals surface area contributed by atoms with Crippen molar-refractivity contribution in [2.24, 2.45) is 0 Å². The number of aryl methyl sites for hydroxylation is 1. The lowest BCUT2D eigenvalue weighted by Crippen LogP contribution is -2.11. The van der Waals surface area contributed by atoms with E-state index in [-0.39, 0.29) is 11.8 Å². The minimum atomic E-state index is -0.223. The Morgan fingerprint density at radius 2 is 2.00 bits per heavy atom. The third-order valence-corrected chi connectivity index (χ3v) is 5.53. The number of nitrogens with zero attached hydrogens (tertiary/aromatic N) is 4. The largest absolute Gasteiger partial charge is 0.487 e. The molecule has 148 valence electrons. The quantitative estimate of drug-likeness (QED) is 0.511. The van der Waals surface area contributed by atoms with E-state index in [1.165, 1.54) is 11.3 Å². The zero-order valence-corrected chi connectivity index (χ0v) is 17.2. The average molecular weight is 407 g/mol. The van der Waals surface area contributed by atoms with Gasteiger partial charge in [0, 0.05) is 23.9 Å². The Labute approximate surface area is 172 Å². The molecule has 0 aliphatic rings. The van der Waals surface area contributed by atoms with Gasteiger partial charge in [-0.1, -0.05) is 31.3 Å². The number of hydrogen-bond acceptors (Lipinski definition) is 6. The van der Waals surface area contributed by atoms with E-state index in [0.717, 1.165) is 21.9 Å². The lowest BCUT2D eigenvalue weighted by molar-refractivity contribution is 0.102. The molecule has 3 heterocycles. The van der Waals surface area contributed by atoms with Crippen molar-refractivity contribution in [1.29, 1.82) is 0 Å². The van der Waals surface area contributed by atoms with Gasteiger partial charge < -0.3 is 9.14 Å². The van der Waals surface area contributed by atoms with Crippen LogP contribution in [0, 0.1) is 6.92 Å². The van der Waals surface area contributed by atoms with E-state index >= 15 is 0 Å². The molecular formula is C21H21N5O2S. The van der Waals surface area contributed by atoms with Gasteiger partial charge in [0.25, 0.3) is 5.91 Å². The van der Waals surface area contributed by atoms with Crippen LogP contribution in [-0.4, -0.2) is 25.5 Å². The molecule has 0 unspecified atom stereocenters. The number of carbonyl (C=O) groups is 1. The molecule has 0 fully saturated rings. The molecule has 3 aromatic heterocycles. The van der Waals surface area contributed by atoms with Crippen LogP contribution >= 0.6 is 11.3 Å². The highest BCUT2D eigenvalue weighted by atomic mass is 32.1. The summed E-state index contributed by atoms with van der Waals surface area (Å²) in [6.07, 6.45) is 3.92. The molecule has 1 N–H and O–H groups in total. The predicted molar refractivity (Wildman–Crippen MR) is 113 cm³/mol. The summed E-state index contributed by atoms with van der Waals surface area (Å²) in [4.78, 5) is 17.0. The summed E-state index contributed by atoms with van der Waals surface area (Å²) in [7, 11) is 0. The second-order valence-corrected chi connectivity index (χ2v) is 8.03. The molecule has 0 aliphatic carbocycles. The van der Waals surface area contributed by atoms with Crippen molar-refractivity contribution in [3.8, 4) is 5.75 Å². The highest BCUT2D eigenvalue weighted by Crippen LogP contribution is 2.23. The second kappa shape index (κ2) is 8.00. The van der Waals surface area contributed by atoms with Crippen LogP contribution in [-0.2, 0) is 6.61 Å². The number of ether oxygens (including phenoxy) is 1. The number of imidazole rings is 1. The maximum Gasteiger partial charge on any atom is 0.257 e. The summed E-state index contributed by atoms with van der Waals surface area (Å²) < 4.78 is 7.80. The van der Waals surface area contributed by atoms with Crippen molar-refractivity contribution in [3.63, 3.8) is 0 Å². The number of amides is 1. The highest BCUT2D eigenvalue weighted by Gasteiger charge is 2.12. The Bertz CT molecular complexity index is 1150. The van der Waals surface area contributed by atoms with Gasteiger partial charge in [0.2, 0.25) is 5.13 Å². The Kier molecular flexibility index (Phi) is 5.26. The van der Waals surface area contributed by atoms with Gasteiger partial charge in [-0.3, -0.25) is 10.1 Å². The highest BCUT2D eigenvalue weighted by molar-refractivity contribution is 7.15. The molecule has 0 saturated carbocycles. The summed E-state index contributed by atoms with van der Waals surface area (Å²) >= 11 is 1.39. The normalized spacial score (nSPS) is 11.2. The third kappa shape index (κ3) is 4.27. The summed E-state index contributed by atoms with van der Waals surface area (Å²) in [5, 5.41) is 12.3. The molecule has 1 aromatic carbocycles. The van der Waals surface area contributed by atoms with E-state index in [2.05, 4.69) is 20.5 Å². The van der Waals surface area contributed by atoms with Crippen LogP contribution in [0.25, 0.3) is 5.65 Å². The van der Waals surface area contributed by atoms with Crippen LogP contribution in [0.1, 0.15) is 46.4 Å². The van der Waals surface area contributed by atoms with Crippen molar-refractivity contribution in [1.82, 2.24) is 19.6 Å². The summed E-state index contributed by atoms with van der Waals surface area (Å²) in [5.41, 5.74) is 3.42. The molecule has 0 spiro atoms. The molecule has 4 aromatic rings. The number of hydrogen-bond donors (Lipinski definition) is 1. The van der Waals surface area contributed by atoms with E-state index in [4.69, 9.17) is 4.74 Å². The first kappa shape index (κ1) is 19.1. The number of pyridine rings is 1. The van der Waals surface area contributed by atoms with Crippen molar-refractivity contribution in [2.75, 3.05) is 5.32 Å². The maximum atomic E-state index is 12.4. The smallest absolute Gasteiger partial charge is 0.257 e. The van der Waals surface area contributed by atoms with Gasteiger partial charge in [0.15, 0.2) is 0 Å². The van der Waals surface area contributed by atoms with Gasteiger partial charge in [0.1, 0.15) is 23.0 Å². The van der Waals surface area contributed by atoms with E-state index in [9.17, 15) is 4.79 Å². The fraction of sp³-hybridized carbons (Fsp3) is 0.238. The van der Waals surface area contributed by atoms with Crippen LogP contribution in [0.4, 0.5) is 5.13 Å². The number of fused-ring (bicyclic) bond motifs is 1. The third-order valence-electron chi connectivity index (χ3n) is 4.39. The number of carbonyl (C=O) groups excluding carboxylic acids is 1. The zero-order valence-electron chi connectivity index (χ0n) is 16.4. The van der Waals surface area contributed by atoms with Crippen molar-refractivity contribution >= 4 is 28.0 Å². The SMILES string of the molecule is Cc1cccn2cc(COc3ccc(C(=O)Nc4nnc(C(C)C)s4)cc3)nc12. The Hall–Kier alpha value is -3.26. The standard InChI is InChI=1S/C21H21N5O2S/c1-13(2)20-24-25-21(29-20)23-19(27)15-6-8-17(9-7-15)28-12-16-11-26-10-4-5-14(3)18(26)22-16/h4-11,13H,12H2,1-3H3,(H,23,25,27). The van der Waals surface area contributed by atoms with Crippen LogP contribution < -0.4 is 10.1 Å². The number of nitrogens with one attached hydrogen (secondary N) is 1. The fourth-order valence-corrected chi connectivity index (χ4v) is 3.56. The van der Waals surface area contributed by atoms with Gasteiger partial charge in [-0.05, 0) is 42.8 Å². The van der Waals surface area contributed by atoms with Gasteiger partial charge in [-0.2, -0.15) is 0 Å². The molecular weight excluding hydrogens is 386 g/mol. The molecule has 0 atom stereocenters. The first-order valence-corrected chi connectivity index (χ1v) is 10.1. The monoisotopic (exact) mass is 407 g/mol. The summed E-state index contributed by atoms with van der Waals surface area (Å²) in [6, 6.07) is 11.0. The minimum Gasteiger partial charge on any atom is -0.487 e. The summed E-state index contributed by atoms with van der Waals surface area (Å²) in [5.74, 6) is 0.735. The van der Waals surface area contributed by atoms with Crippen LogP contribution in [0.3, 0.4) is 0 Å². The predicted octanol–water partition coefficient (Wildman–Crippen LogP) is 4.45. The Morgan fingerprint density at radius 3 is 2.69 bits per heavy atom. The van der Waals surface area contributed by atoms with Crippen LogP contribution in [0.5, 0.6) is 5.75 Å². The Balaban J connectivity index is 1.37. The second-order valence-electron chi connectivity index (χ2n) is 7.02. The molecule has 29 heavy (non-hydrogen) atoms. The van der Waals surface area contributed by atoms with Crippen molar-refractivity contribution in [2.45, 2.75) is 33.3 Å². The molecule has 7 nitrogen and oxygen atoms in total. The number of rotatable bonds is 6. The minimum absolute atomic E-state index is 0.223. The van der Waals surface area contributed by atoms with E-state index in [0.29, 0.717) is 23.1 Å². The van der Waals surface area contributed by atoms with Crippen molar-refractivity contribution < 1.29 is 9.53 Å². The number of benzene rings is 1. The van der Waals surface area contributed by atoms with E-state index in [1.54, 1.807) is 24.3 Å². The van der Waals surface area contributed by atoms with Gasteiger partial charge in [-0.15, -0.1) is 10.2 Å². The number of anilines is 1. The molecule has 1 amide bonds. The van der Waals surface area contributed by atoms with Gasteiger partial charge in [-0.25, -0.2) is 4.98 Å². The van der Waals surface area contributed by atoms with Gasteiger partial charge in [0.05, 0.1) is 5.69 Å². The zero-order chi connectivity index (χ0) is 20.4. The maximum absolute atomic E-state index is 12.4. The number of aromatic nitrogens is 4. The molecule has 0 bridgehead atoms. The molecule has 0 saturated heterocycles. The fourth-order valence-electron chi connectivity index (χ4n) is 2.82. The van der Waals surface area contributed by atoms with E-state index in [1.807, 2.05) is 49.7 Å².